The molecule has 1 saturated heterocycles. The largest absolute Gasteiger partial charge is 0.376 e. The molecule has 9 nitrogen and oxygen atoms in total. The summed E-state index contributed by atoms with van der Waals surface area (Å²) >= 11 is 0. The van der Waals surface area contributed by atoms with E-state index < -0.39 is 18.8 Å². The number of fused-ring (bicyclic) bond motifs is 1. The van der Waals surface area contributed by atoms with Gasteiger partial charge in [0.05, 0.1) is 18.0 Å². The second kappa shape index (κ2) is 7.34. The highest BCUT2D eigenvalue weighted by atomic mass is 19.3. The fourth-order valence-corrected chi connectivity index (χ4v) is 3.20. The van der Waals surface area contributed by atoms with Gasteiger partial charge in [0, 0.05) is 19.2 Å². The van der Waals surface area contributed by atoms with E-state index >= 15 is 0 Å². The summed E-state index contributed by atoms with van der Waals surface area (Å²) in [7, 11) is 0. The average molecular weight is 391 g/mol. The summed E-state index contributed by atoms with van der Waals surface area (Å²) in [5, 5.41) is 13.6. The lowest BCUT2D eigenvalue weighted by molar-refractivity contribution is -0.0776. The first-order valence-electron chi connectivity index (χ1n) is 8.71. The van der Waals surface area contributed by atoms with Gasteiger partial charge in [-0.05, 0) is 19.1 Å². The molecule has 0 aliphatic carbocycles. The first kappa shape index (κ1) is 18.6. The van der Waals surface area contributed by atoms with Crippen molar-refractivity contribution >= 4 is 11.5 Å². The number of aliphatic hydroxyl groups is 1. The summed E-state index contributed by atoms with van der Waals surface area (Å²) in [6.07, 6.45) is -1.58. The molecule has 2 unspecified atom stereocenters. The highest BCUT2D eigenvalue weighted by molar-refractivity contribution is 5.62. The standard InChI is InChI=1S/C17H19F2N7O2/c1-9-6-25(7-13(28-9)17(20)27)15-4-11(22-8-23-15)12-5-21-14-3-2-10(16(18)19)24-26(12)14/h2-5,8-9,13,16-17,27H,6-7,20H2,1H3/t9-,13?,17?/m1/s1. The lowest BCUT2D eigenvalue weighted by Gasteiger charge is -2.38. The molecule has 28 heavy (non-hydrogen) atoms. The molecule has 0 bridgehead atoms. The zero-order valence-electron chi connectivity index (χ0n) is 15.0. The summed E-state index contributed by atoms with van der Waals surface area (Å²) in [5.74, 6) is 0.603. The van der Waals surface area contributed by atoms with Gasteiger partial charge in [-0.25, -0.2) is 28.2 Å². The monoisotopic (exact) mass is 391 g/mol. The van der Waals surface area contributed by atoms with Gasteiger partial charge in [-0.1, -0.05) is 0 Å². The number of rotatable bonds is 4. The van der Waals surface area contributed by atoms with E-state index in [-0.39, 0.29) is 11.8 Å². The lowest BCUT2D eigenvalue weighted by atomic mass is 10.2. The van der Waals surface area contributed by atoms with Crippen LogP contribution < -0.4 is 10.6 Å². The van der Waals surface area contributed by atoms with Gasteiger partial charge in [-0.2, -0.15) is 5.10 Å². The molecule has 3 aromatic heterocycles. The summed E-state index contributed by atoms with van der Waals surface area (Å²) in [6, 6.07) is 4.45. The minimum atomic E-state index is -2.69. The Balaban J connectivity index is 1.69. The number of nitrogens with two attached hydrogens (primary N) is 1. The molecule has 1 aliphatic heterocycles. The predicted octanol–water partition coefficient (Wildman–Crippen LogP) is 0.995. The zero-order chi connectivity index (χ0) is 19.8. The van der Waals surface area contributed by atoms with Crippen LogP contribution in [0.2, 0.25) is 0 Å². The van der Waals surface area contributed by atoms with Crippen LogP contribution >= 0.6 is 0 Å². The Morgan fingerprint density at radius 3 is 2.82 bits per heavy atom. The predicted molar refractivity (Wildman–Crippen MR) is 95.7 cm³/mol. The van der Waals surface area contributed by atoms with Gasteiger partial charge in [-0.15, -0.1) is 0 Å². The van der Waals surface area contributed by atoms with Crippen LogP contribution in [0.25, 0.3) is 17.0 Å². The molecule has 4 rings (SSSR count). The fourth-order valence-electron chi connectivity index (χ4n) is 3.20. The number of imidazole rings is 1. The van der Waals surface area contributed by atoms with Crippen molar-refractivity contribution < 1.29 is 18.6 Å². The van der Waals surface area contributed by atoms with Crippen molar-refractivity contribution in [2.45, 2.75) is 31.8 Å². The van der Waals surface area contributed by atoms with Gasteiger partial charge < -0.3 is 20.5 Å². The molecule has 3 N–H and O–H groups in total. The summed E-state index contributed by atoms with van der Waals surface area (Å²) in [5.41, 5.74) is 6.62. The van der Waals surface area contributed by atoms with E-state index in [4.69, 9.17) is 10.5 Å². The Kier molecular flexibility index (Phi) is 4.87. The quantitative estimate of drug-likeness (QED) is 0.633. The highest BCUT2D eigenvalue weighted by Crippen LogP contribution is 2.25. The maximum Gasteiger partial charge on any atom is 0.282 e. The minimum Gasteiger partial charge on any atom is -0.376 e. The van der Waals surface area contributed by atoms with Crippen molar-refractivity contribution in [3.8, 4) is 11.4 Å². The van der Waals surface area contributed by atoms with Gasteiger partial charge in [-0.3, -0.25) is 0 Å². The number of alkyl halides is 2. The SMILES string of the molecule is C[C@@H]1CN(c2cc(-c3cnc4ccc(C(F)F)nn34)ncn2)CC(C(N)O)O1. The van der Waals surface area contributed by atoms with Crippen LogP contribution in [0.4, 0.5) is 14.6 Å². The topological polar surface area (TPSA) is 115 Å². The number of aromatic nitrogens is 5. The van der Waals surface area contributed by atoms with E-state index in [1.165, 1.54) is 29.2 Å². The van der Waals surface area contributed by atoms with Crippen LogP contribution in [0.1, 0.15) is 19.0 Å². The number of hydrogen-bond acceptors (Lipinski definition) is 8. The Hall–Kier alpha value is -2.76. The van der Waals surface area contributed by atoms with Gasteiger partial charge in [0.15, 0.2) is 5.65 Å². The van der Waals surface area contributed by atoms with E-state index in [0.717, 1.165) is 0 Å². The fraction of sp³-hybridized carbons (Fsp3) is 0.412. The van der Waals surface area contributed by atoms with E-state index in [2.05, 4.69) is 20.1 Å². The molecule has 0 aromatic carbocycles. The van der Waals surface area contributed by atoms with Crippen LogP contribution in [0.5, 0.6) is 0 Å². The molecule has 0 spiro atoms. The van der Waals surface area contributed by atoms with Gasteiger partial charge in [0.1, 0.15) is 35.9 Å². The van der Waals surface area contributed by atoms with Crippen molar-refractivity contribution in [3.05, 3.63) is 36.4 Å². The molecule has 0 saturated carbocycles. The molecule has 1 fully saturated rings. The first-order chi connectivity index (χ1) is 13.4. The maximum atomic E-state index is 13.0. The molecule has 3 atom stereocenters. The van der Waals surface area contributed by atoms with Crippen molar-refractivity contribution in [1.29, 1.82) is 0 Å². The van der Waals surface area contributed by atoms with Crippen LogP contribution in [-0.2, 0) is 4.74 Å². The maximum absolute atomic E-state index is 13.0. The molecule has 1 aliphatic rings. The van der Waals surface area contributed by atoms with Gasteiger partial charge in [0.25, 0.3) is 6.43 Å². The van der Waals surface area contributed by atoms with E-state index in [1.807, 2.05) is 11.8 Å². The van der Waals surface area contributed by atoms with E-state index in [9.17, 15) is 13.9 Å². The minimum absolute atomic E-state index is 0.151. The molecular formula is C17H19F2N7O2. The Bertz CT molecular complexity index is 981. The smallest absolute Gasteiger partial charge is 0.282 e. The number of anilines is 1. The number of hydrogen-bond donors (Lipinski definition) is 2. The molecular weight excluding hydrogens is 372 g/mol. The Morgan fingerprint density at radius 2 is 2.07 bits per heavy atom. The van der Waals surface area contributed by atoms with Crippen LogP contribution in [-0.4, -0.2) is 61.2 Å². The lowest BCUT2D eigenvalue weighted by Crippen LogP contribution is -2.53. The molecule has 148 valence electrons. The van der Waals surface area contributed by atoms with Crippen molar-refractivity contribution in [3.63, 3.8) is 0 Å². The Labute approximate surface area is 158 Å². The number of aliphatic hydroxyl groups excluding tert-OH is 1. The van der Waals surface area contributed by atoms with Gasteiger partial charge >= 0.3 is 0 Å². The van der Waals surface area contributed by atoms with Crippen LogP contribution in [0.3, 0.4) is 0 Å². The molecule has 0 amide bonds. The van der Waals surface area contributed by atoms with Crippen LogP contribution in [0, 0.1) is 0 Å². The summed E-state index contributed by atoms with van der Waals surface area (Å²) in [4.78, 5) is 14.7. The zero-order valence-corrected chi connectivity index (χ0v) is 15.0. The Morgan fingerprint density at radius 1 is 1.25 bits per heavy atom. The second-order valence-electron chi connectivity index (χ2n) is 6.61. The number of nitrogens with zero attached hydrogens (tertiary/aromatic N) is 6. The third-order valence-corrected chi connectivity index (χ3v) is 4.51. The summed E-state index contributed by atoms with van der Waals surface area (Å²) < 4.78 is 33.0. The van der Waals surface area contributed by atoms with Crippen molar-refractivity contribution in [2.75, 3.05) is 18.0 Å². The number of morpholine rings is 1. The first-order valence-corrected chi connectivity index (χ1v) is 8.71. The highest BCUT2D eigenvalue weighted by Gasteiger charge is 2.29. The molecule has 3 aromatic rings. The molecule has 11 heteroatoms. The van der Waals surface area contributed by atoms with Crippen molar-refractivity contribution in [2.24, 2.45) is 5.73 Å². The van der Waals surface area contributed by atoms with Crippen molar-refractivity contribution in [1.82, 2.24) is 24.6 Å². The van der Waals surface area contributed by atoms with Gasteiger partial charge in [0.2, 0.25) is 0 Å². The van der Waals surface area contributed by atoms with Crippen LogP contribution in [0.15, 0.2) is 30.7 Å². The van der Waals surface area contributed by atoms with E-state index in [0.29, 0.717) is 35.9 Å². The van der Waals surface area contributed by atoms with E-state index in [1.54, 1.807) is 6.07 Å². The third-order valence-electron chi connectivity index (χ3n) is 4.51. The normalized spacial score (nSPS) is 21.4. The average Bonchev–Trinajstić information content (AvgIpc) is 3.10. The second-order valence-corrected chi connectivity index (χ2v) is 6.61. The number of ether oxygens (including phenoxy) is 1. The summed E-state index contributed by atoms with van der Waals surface area (Å²) in [6.45, 7) is 2.80. The number of halogens is 2. The molecule has 4 heterocycles. The molecule has 0 radical (unpaired) electrons. The third kappa shape index (κ3) is 3.51.